The Labute approximate surface area is 123 Å². The summed E-state index contributed by atoms with van der Waals surface area (Å²) in [5, 5.41) is 3.77. The third kappa shape index (κ3) is 2.98. The number of rotatable bonds is 3. The maximum atomic E-state index is 6.13. The number of nitrogens with one attached hydrogen (secondary N) is 1. The summed E-state index contributed by atoms with van der Waals surface area (Å²) in [6.45, 7) is 0. The lowest BCUT2D eigenvalue weighted by Crippen LogP contribution is -2.12. The fourth-order valence-corrected chi connectivity index (χ4v) is 2.34. The van der Waals surface area contributed by atoms with Crippen molar-refractivity contribution in [2.75, 3.05) is 5.32 Å². The molecule has 0 aliphatic rings. The zero-order chi connectivity index (χ0) is 13.1. The average molecular weight is 343 g/mol. The first-order chi connectivity index (χ1) is 8.58. The highest BCUT2D eigenvalue weighted by molar-refractivity contribution is 9.10. The van der Waals surface area contributed by atoms with Crippen LogP contribution in [0.4, 0.5) is 11.4 Å². The average Bonchev–Trinajstić information content (AvgIpc) is 2.33. The Kier molecular flexibility index (Phi) is 4.16. The first kappa shape index (κ1) is 13.3. The molecule has 92 valence electrons. The third-order valence-electron chi connectivity index (χ3n) is 2.29. The number of benzene rings is 1. The molecule has 6 heteroatoms. The second-order valence-electron chi connectivity index (χ2n) is 3.53. The first-order valence-corrected chi connectivity index (χ1v) is 6.62. The number of nitrogens with zero attached hydrogens (tertiary/aromatic N) is 1. The predicted molar refractivity (Wildman–Crippen MR) is 82.6 cm³/mol. The quantitative estimate of drug-likeness (QED) is 0.831. The van der Waals surface area contributed by atoms with Gasteiger partial charge in [-0.05, 0) is 24.3 Å². The topological polar surface area (TPSA) is 50.9 Å². The molecular formula is C12H9BrClN3S. The number of hydrogen-bond donors (Lipinski definition) is 2. The van der Waals surface area contributed by atoms with Gasteiger partial charge in [0, 0.05) is 16.2 Å². The van der Waals surface area contributed by atoms with Gasteiger partial charge in [-0.2, -0.15) is 0 Å². The number of hydrogen-bond acceptors (Lipinski definition) is 3. The third-order valence-corrected chi connectivity index (χ3v) is 3.31. The van der Waals surface area contributed by atoms with Gasteiger partial charge in [0.1, 0.15) is 4.99 Å². The zero-order valence-corrected chi connectivity index (χ0v) is 12.3. The van der Waals surface area contributed by atoms with Crippen LogP contribution >= 0.6 is 39.7 Å². The molecule has 0 radical (unpaired) electrons. The maximum Gasteiger partial charge on any atom is 0.106 e. The Bertz CT molecular complexity index is 604. The van der Waals surface area contributed by atoms with Crippen LogP contribution in [0.15, 0.2) is 41.1 Å². The summed E-state index contributed by atoms with van der Waals surface area (Å²) in [6.07, 6.45) is 3.30. The van der Waals surface area contributed by atoms with E-state index < -0.39 is 0 Å². The summed E-state index contributed by atoms with van der Waals surface area (Å²) in [7, 11) is 0. The van der Waals surface area contributed by atoms with E-state index >= 15 is 0 Å². The van der Waals surface area contributed by atoms with Gasteiger partial charge in [-0.25, -0.2) is 0 Å². The van der Waals surface area contributed by atoms with Gasteiger partial charge < -0.3 is 11.1 Å². The molecule has 1 aromatic heterocycles. The van der Waals surface area contributed by atoms with Crippen molar-refractivity contribution in [2.45, 2.75) is 0 Å². The van der Waals surface area contributed by atoms with Gasteiger partial charge in [-0.15, -0.1) is 0 Å². The number of nitrogens with two attached hydrogens (primary N) is 1. The van der Waals surface area contributed by atoms with E-state index in [4.69, 9.17) is 29.6 Å². The number of aromatic nitrogens is 1. The Hall–Kier alpha value is -1.17. The number of halogens is 2. The Morgan fingerprint density at radius 3 is 2.78 bits per heavy atom. The molecule has 3 nitrogen and oxygen atoms in total. The molecule has 0 aliphatic heterocycles. The van der Waals surface area contributed by atoms with Gasteiger partial charge >= 0.3 is 0 Å². The minimum atomic E-state index is 0.313. The molecule has 0 saturated heterocycles. The van der Waals surface area contributed by atoms with E-state index in [1.54, 1.807) is 24.5 Å². The minimum Gasteiger partial charge on any atom is -0.389 e. The van der Waals surface area contributed by atoms with E-state index in [9.17, 15) is 0 Å². The van der Waals surface area contributed by atoms with Gasteiger partial charge in [0.2, 0.25) is 0 Å². The van der Waals surface area contributed by atoms with Crippen LogP contribution in [0.3, 0.4) is 0 Å². The minimum absolute atomic E-state index is 0.313. The fraction of sp³-hybridized carbons (Fsp3) is 0. The molecule has 0 amide bonds. The van der Waals surface area contributed by atoms with Crippen LogP contribution in [0.5, 0.6) is 0 Å². The lowest BCUT2D eigenvalue weighted by molar-refractivity contribution is 1.31. The molecule has 0 fully saturated rings. The van der Waals surface area contributed by atoms with Crippen molar-refractivity contribution in [3.05, 3.63) is 51.7 Å². The van der Waals surface area contributed by atoms with Gasteiger partial charge in [0.25, 0.3) is 0 Å². The summed E-state index contributed by atoms with van der Waals surface area (Å²) >= 11 is 14.5. The van der Waals surface area contributed by atoms with Crippen LogP contribution in [-0.4, -0.2) is 9.97 Å². The van der Waals surface area contributed by atoms with Crippen LogP contribution in [0.1, 0.15) is 5.56 Å². The van der Waals surface area contributed by atoms with E-state index in [1.807, 2.05) is 12.1 Å². The lowest BCUT2D eigenvalue weighted by atomic mass is 10.2. The van der Waals surface area contributed by atoms with Crippen molar-refractivity contribution in [1.29, 1.82) is 0 Å². The van der Waals surface area contributed by atoms with E-state index in [2.05, 4.69) is 26.2 Å². The molecule has 1 aromatic carbocycles. The van der Waals surface area contributed by atoms with Crippen LogP contribution in [0.25, 0.3) is 0 Å². The summed E-state index contributed by atoms with van der Waals surface area (Å²) in [4.78, 5) is 4.35. The van der Waals surface area contributed by atoms with Crippen molar-refractivity contribution < 1.29 is 0 Å². The SMILES string of the molecule is NC(=S)c1ccncc1Nc1ccc(Br)cc1Cl. The first-order valence-electron chi connectivity index (χ1n) is 5.04. The Morgan fingerprint density at radius 1 is 1.33 bits per heavy atom. The molecule has 2 aromatic rings. The highest BCUT2D eigenvalue weighted by atomic mass is 79.9. The van der Waals surface area contributed by atoms with E-state index in [0.717, 1.165) is 21.4 Å². The zero-order valence-electron chi connectivity index (χ0n) is 9.15. The van der Waals surface area contributed by atoms with E-state index in [0.29, 0.717) is 10.0 Å². The van der Waals surface area contributed by atoms with Gasteiger partial charge in [0.15, 0.2) is 0 Å². The largest absolute Gasteiger partial charge is 0.389 e. The van der Waals surface area contributed by atoms with Crippen molar-refractivity contribution in [3.8, 4) is 0 Å². The van der Waals surface area contributed by atoms with Crippen molar-refractivity contribution >= 4 is 56.1 Å². The lowest BCUT2D eigenvalue weighted by Gasteiger charge is -2.11. The molecule has 18 heavy (non-hydrogen) atoms. The molecule has 0 spiro atoms. The number of anilines is 2. The van der Waals surface area contributed by atoms with Crippen molar-refractivity contribution in [2.24, 2.45) is 5.73 Å². The summed E-state index contributed by atoms with van der Waals surface area (Å²) < 4.78 is 0.916. The molecule has 3 N–H and O–H groups in total. The highest BCUT2D eigenvalue weighted by Gasteiger charge is 2.07. The fourth-order valence-electron chi connectivity index (χ4n) is 1.44. The van der Waals surface area contributed by atoms with E-state index in [-0.39, 0.29) is 0 Å². The van der Waals surface area contributed by atoms with Crippen LogP contribution in [0, 0.1) is 0 Å². The second-order valence-corrected chi connectivity index (χ2v) is 5.30. The molecule has 0 unspecified atom stereocenters. The summed E-state index contributed by atoms with van der Waals surface area (Å²) in [5.74, 6) is 0. The van der Waals surface area contributed by atoms with Crippen LogP contribution in [-0.2, 0) is 0 Å². The monoisotopic (exact) mass is 341 g/mol. The summed E-state index contributed by atoms with van der Waals surface area (Å²) in [5.41, 5.74) is 7.89. The Morgan fingerprint density at radius 2 is 2.11 bits per heavy atom. The summed E-state index contributed by atoms with van der Waals surface area (Å²) in [6, 6.07) is 7.33. The normalized spacial score (nSPS) is 10.1. The number of pyridine rings is 1. The standard InChI is InChI=1S/C12H9BrClN3S/c13-7-1-2-10(9(14)5-7)17-11-6-16-4-3-8(11)12(15)18/h1-6,17H,(H2,15,18). The maximum absolute atomic E-state index is 6.13. The number of thiocarbonyl (C=S) groups is 1. The molecule has 0 bridgehead atoms. The van der Waals surface area contributed by atoms with Gasteiger partial charge in [-0.1, -0.05) is 39.7 Å². The molecule has 2 rings (SSSR count). The van der Waals surface area contributed by atoms with E-state index in [1.165, 1.54) is 0 Å². The van der Waals surface area contributed by atoms with Gasteiger partial charge in [0.05, 0.1) is 22.6 Å². The smallest absolute Gasteiger partial charge is 0.106 e. The van der Waals surface area contributed by atoms with Crippen molar-refractivity contribution in [3.63, 3.8) is 0 Å². The van der Waals surface area contributed by atoms with Crippen LogP contribution < -0.4 is 11.1 Å². The van der Waals surface area contributed by atoms with Gasteiger partial charge in [-0.3, -0.25) is 4.98 Å². The molecular weight excluding hydrogens is 334 g/mol. The van der Waals surface area contributed by atoms with Crippen LogP contribution in [0.2, 0.25) is 5.02 Å². The highest BCUT2D eigenvalue weighted by Crippen LogP contribution is 2.29. The van der Waals surface area contributed by atoms with Crippen molar-refractivity contribution in [1.82, 2.24) is 4.98 Å². The second kappa shape index (κ2) is 5.65. The predicted octanol–water partition coefficient (Wildman–Crippen LogP) is 3.88. The molecule has 0 atom stereocenters. The molecule has 0 aliphatic carbocycles. The molecule has 1 heterocycles. The Balaban J connectivity index is 2.37. The molecule has 0 saturated carbocycles.